The molecular formula is C17H13Cl2NO2. The number of carbonyl (C=O) groups is 1. The van der Waals surface area contributed by atoms with E-state index in [1.54, 1.807) is 10.5 Å². The van der Waals surface area contributed by atoms with E-state index in [0.29, 0.717) is 22.7 Å². The van der Waals surface area contributed by atoms with Crippen LogP contribution in [0.15, 0.2) is 42.6 Å². The van der Waals surface area contributed by atoms with Gasteiger partial charge in [0.2, 0.25) is 5.78 Å². The van der Waals surface area contributed by atoms with Gasteiger partial charge < -0.3 is 9.51 Å². The van der Waals surface area contributed by atoms with E-state index in [1.807, 2.05) is 31.3 Å². The predicted octanol–water partition coefficient (Wildman–Crippen LogP) is 4.75. The topological polar surface area (TPSA) is 41.7 Å². The minimum Gasteiger partial charge on any atom is -0.506 e. The molecule has 0 fully saturated rings. The van der Waals surface area contributed by atoms with E-state index < -0.39 is 0 Å². The number of hydrogen-bond donors (Lipinski definition) is 1. The van der Waals surface area contributed by atoms with Gasteiger partial charge in [-0.25, -0.2) is 0 Å². The van der Waals surface area contributed by atoms with E-state index in [1.165, 1.54) is 12.1 Å². The fourth-order valence-electron chi connectivity index (χ4n) is 2.57. The van der Waals surface area contributed by atoms with Crippen molar-refractivity contribution in [3.8, 4) is 5.75 Å². The molecule has 0 saturated carbocycles. The van der Waals surface area contributed by atoms with Gasteiger partial charge in [-0.3, -0.25) is 4.79 Å². The van der Waals surface area contributed by atoms with Gasteiger partial charge in [0.25, 0.3) is 0 Å². The largest absolute Gasteiger partial charge is 0.506 e. The first kappa shape index (κ1) is 14.9. The highest BCUT2D eigenvalue weighted by atomic mass is 35.5. The Labute approximate surface area is 137 Å². The number of aromatic hydroxyl groups is 1. The Kier molecular flexibility index (Phi) is 3.85. The predicted molar refractivity (Wildman–Crippen MR) is 88.3 cm³/mol. The van der Waals surface area contributed by atoms with Crippen LogP contribution in [0.5, 0.6) is 5.75 Å². The second kappa shape index (κ2) is 5.67. The lowest BCUT2D eigenvalue weighted by Gasteiger charge is -2.06. The Morgan fingerprint density at radius 1 is 1.23 bits per heavy atom. The molecule has 0 amide bonds. The van der Waals surface area contributed by atoms with Gasteiger partial charge in [-0.05, 0) is 36.8 Å². The molecule has 0 aliphatic heterocycles. The van der Waals surface area contributed by atoms with E-state index in [0.717, 1.165) is 11.1 Å². The Balaban J connectivity index is 2.24. The third kappa shape index (κ3) is 2.27. The van der Waals surface area contributed by atoms with Gasteiger partial charge in [0, 0.05) is 17.3 Å². The van der Waals surface area contributed by atoms with Crippen LogP contribution in [0.25, 0.3) is 5.52 Å². The van der Waals surface area contributed by atoms with Crippen molar-refractivity contribution in [1.29, 1.82) is 0 Å². The Hall–Kier alpha value is -1.97. The van der Waals surface area contributed by atoms with Crippen molar-refractivity contribution in [2.75, 3.05) is 0 Å². The molecule has 3 aromatic rings. The summed E-state index contributed by atoms with van der Waals surface area (Å²) in [7, 11) is 0. The fourth-order valence-corrected chi connectivity index (χ4v) is 3.13. The van der Waals surface area contributed by atoms with Crippen LogP contribution in [0, 0.1) is 0 Å². The molecule has 0 aliphatic carbocycles. The zero-order valence-electron chi connectivity index (χ0n) is 11.8. The number of phenolic OH excluding ortho intramolecular Hbond substituents is 1. The van der Waals surface area contributed by atoms with Crippen molar-refractivity contribution in [2.24, 2.45) is 0 Å². The third-order valence-corrected chi connectivity index (χ3v) is 4.38. The van der Waals surface area contributed by atoms with Gasteiger partial charge in [0.1, 0.15) is 5.75 Å². The highest BCUT2D eigenvalue weighted by molar-refractivity contribution is 6.36. The lowest BCUT2D eigenvalue weighted by molar-refractivity contribution is 0.103. The second-order valence-electron chi connectivity index (χ2n) is 4.95. The van der Waals surface area contributed by atoms with Gasteiger partial charge in [-0.15, -0.1) is 0 Å². The van der Waals surface area contributed by atoms with Gasteiger partial charge in [-0.2, -0.15) is 0 Å². The molecule has 0 radical (unpaired) electrons. The minimum atomic E-state index is -0.174. The van der Waals surface area contributed by atoms with Crippen LogP contribution in [0.3, 0.4) is 0 Å². The standard InChI is InChI=1S/C17H13Cl2NO2/c1-2-11-15(19)13-5-3-4-8-20(13)16(11)17(22)10-6-7-14(21)12(18)9-10/h3-9,21H,2H2,1H3. The molecule has 0 spiro atoms. The lowest BCUT2D eigenvalue weighted by atomic mass is 10.0. The number of hydrogen-bond acceptors (Lipinski definition) is 2. The van der Waals surface area contributed by atoms with Gasteiger partial charge in [0.15, 0.2) is 0 Å². The molecule has 3 nitrogen and oxygen atoms in total. The highest BCUT2D eigenvalue weighted by Gasteiger charge is 2.22. The summed E-state index contributed by atoms with van der Waals surface area (Å²) in [6.07, 6.45) is 2.46. The first-order valence-electron chi connectivity index (χ1n) is 6.85. The molecular weight excluding hydrogens is 321 g/mol. The molecule has 1 N–H and O–H groups in total. The summed E-state index contributed by atoms with van der Waals surface area (Å²) in [4.78, 5) is 12.9. The summed E-state index contributed by atoms with van der Waals surface area (Å²) in [6.45, 7) is 1.96. The molecule has 3 rings (SSSR count). The van der Waals surface area contributed by atoms with Crippen molar-refractivity contribution in [1.82, 2.24) is 4.40 Å². The molecule has 0 aliphatic rings. The summed E-state index contributed by atoms with van der Waals surface area (Å²) in [6, 6.07) is 10.0. The Morgan fingerprint density at radius 3 is 2.68 bits per heavy atom. The first-order chi connectivity index (χ1) is 10.5. The Bertz CT molecular complexity index is 884. The normalized spacial score (nSPS) is 11.0. The molecule has 0 unspecified atom stereocenters. The molecule has 2 heterocycles. The summed E-state index contributed by atoms with van der Waals surface area (Å²) in [5.74, 6) is -0.223. The monoisotopic (exact) mass is 333 g/mol. The number of halogens is 2. The molecule has 5 heteroatoms. The SMILES string of the molecule is CCc1c(Cl)c2ccccn2c1C(=O)c1ccc(O)c(Cl)c1. The van der Waals surface area contributed by atoms with E-state index >= 15 is 0 Å². The number of ketones is 1. The molecule has 22 heavy (non-hydrogen) atoms. The zero-order chi connectivity index (χ0) is 15.9. The third-order valence-electron chi connectivity index (χ3n) is 3.65. The number of carbonyl (C=O) groups excluding carboxylic acids is 1. The van der Waals surface area contributed by atoms with Crippen LogP contribution in [0.4, 0.5) is 0 Å². The van der Waals surface area contributed by atoms with Gasteiger partial charge in [0.05, 0.1) is 21.3 Å². The summed E-state index contributed by atoms with van der Waals surface area (Å²) in [5.41, 5.74) is 2.55. The Morgan fingerprint density at radius 2 is 2.00 bits per heavy atom. The van der Waals surface area contributed by atoms with Crippen molar-refractivity contribution in [3.05, 3.63) is 69.5 Å². The maximum absolute atomic E-state index is 12.9. The maximum Gasteiger partial charge on any atom is 0.210 e. The first-order valence-corrected chi connectivity index (χ1v) is 7.60. The summed E-state index contributed by atoms with van der Waals surface area (Å²) in [5, 5.41) is 10.2. The molecule has 0 bridgehead atoms. The zero-order valence-corrected chi connectivity index (χ0v) is 13.3. The number of rotatable bonds is 3. The van der Waals surface area contributed by atoms with Crippen LogP contribution >= 0.6 is 23.2 Å². The van der Waals surface area contributed by atoms with Crippen LogP contribution in [0.2, 0.25) is 10.0 Å². The molecule has 0 saturated heterocycles. The number of nitrogens with zero attached hydrogens (tertiary/aromatic N) is 1. The van der Waals surface area contributed by atoms with Crippen molar-refractivity contribution in [3.63, 3.8) is 0 Å². The second-order valence-corrected chi connectivity index (χ2v) is 5.73. The van der Waals surface area contributed by atoms with E-state index in [9.17, 15) is 9.90 Å². The van der Waals surface area contributed by atoms with Gasteiger partial charge in [-0.1, -0.05) is 36.2 Å². The molecule has 1 aromatic carbocycles. The number of aromatic nitrogens is 1. The summed E-state index contributed by atoms with van der Waals surface area (Å²) < 4.78 is 1.80. The molecule has 112 valence electrons. The van der Waals surface area contributed by atoms with Crippen LogP contribution in [-0.2, 0) is 6.42 Å². The maximum atomic E-state index is 12.9. The van der Waals surface area contributed by atoms with Crippen LogP contribution < -0.4 is 0 Å². The number of benzene rings is 1. The molecule has 0 atom stereocenters. The quantitative estimate of drug-likeness (QED) is 0.703. The van der Waals surface area contributed by atoms with Crippen LogP contribution in [-0.4, -0.2) is 15.3 Å². The van der Waals surface area contributed by atoms with E-state index in [-0.39, 0.29) is 16.6 Å². The van der Waals surface area contributed by atoms with E-state index in [2.05, 4.69) is 0 Å². The lowest BCUT2D eigenvalue weighted by Crippen LogP contribution is -2.07. The highest BCUT2D eigenvalue weighted by Crippen LogP contribution is 2.32. The van der Waals surface area contributed by atoms with Gasteiger partial charge >= 0.3 is 0 Å². The van der Waals surface area contributed by atoms with Crippen LogP contribution in [0.1, 0.15) is 28.5 Å². The molecule has 2 aromatic heterocycles. The minimum absolute atomic E-state index is 0.0491. The van der Waals surface area contributed by atoms with Crippen molar-refractivity contribution in [2.45, 2.75) is 13.3 Å². The van der Waals surface area contributed by atoms with Crippen molar-refractivity contribution < 1.29 is 9.90 Å². The van der Waals surface area contributed by atoms with Crippen molar-refractivity contribution >= 4 is 34.5 Å². The fraction of sp³-hybridized carbons (Fsp3) is 0.118. The summed E-state index contributed by atoms with van der Waals surface area (Å²) >= 11 is 12.3. The number of phenols is 1. The van der Waals surface area contributed by atoms with E-state index in [4.69, 9.17) is 23.2 Å². The number of fused-ring (bicyclic) bond motifs is 1. The smallest absolute Gasteiger partial charge is 0.210 e. The average Bonchev–Trinajstić information content (AvgIpc) is 2.82. The average molecular weight is 334 g/mol. The number of pyridine rings is 1.